The maximum Gasteiger partial charge on any atom is 0.135 e. The quantitative estimate of drug-likeness (QED) is 0.169. The molecule has 0 unspecified atom stereocenters. The third-order valence-electron chi connectivity index (χ3n) is 9.83. The largest absolute Gasteiger partial charge is 0.460 e. The number of para-hydroxylation sites is 2. The summed E-state index contributed by atoms with van der Waals surface area (Å²) in [7, 11) is 0. The average Bonchev–Trinajstić information content (AvgIpc) is 3.65. The second-order valence-electron chi connectivity index (χ2n) is 12.8. The van der Waals surface area contributed by atoms with Gasteiger partial charge in [-0.2, -0.15) is 0 Å². The monoisotopic (exact) mass is 645 g/mol. The molecule has 240 valence electrons. The first-order chi connectivity index (χ1) is 24.7. The lowest BCUT2D eigenvalue weighted by atomic mass is 9.94. The highest BCUT2D eigenvalue weighted by Gasteiger charge is 2.23. The predicted octanol–water partition coefficient (Wildman–Crippen LogP) is 11.3. The molecule has 8 aromatic rings. The van der Waals surface area contributed by atoms with Gasteiger partial charge in [0.15, 0.2) is 0 Å². The van der Waals surface area contributed by atoms with Crippen molar-refractivity contribution in [3.05, 3.63) is 185 Å². The van der Waals surface area contributed by atoms with Crippen LogP contribution in [0.5, 0.6) is 0 Å². The summed E-state index contributed by atoms with van der Waals surface area (Å²) in [6.07, 6.45) is 9.69. The van der Waals surface area contributed by atoms with Gasteiger partial charge >= 0.3 is 0 Å². The third kappa shape index (κ3) is 4.98. The molecule has 0 aliphatic heterocycles. The number of furan rings is 2. The number of allylic oxidation sites excluding steroid dienone is 4. The number of fused-ring (bicyclic) bond motifs is 7. The van der Waals surface area contributed by atoms with Gasteiger partial charge in [-0.05, 0) is 77.9 Å². The van der Waals surface area contributed by atoms with Crippen LogP contribution in [0.2, 0.25) is 0 Å². The first-order valence-corrected chi connectivity index (χ1v) is 17.2. The van der Waals surface area contributed by atoms with Crippen LogP contribution in [0.25, 0.3) is 61.8 Å². The second kappa shape index (κ2) is 12.3. The molecular weight excluding hydrogens is 611 g/mol. The number of hydrogen-bond donors (Lipinski definition) is 0. The highest BCUT2D eigenvalue weighted by atomic mass is 16.3. The smallest absolute Gasteiger partial charge is 0.135 e. The molecule has 0 N–H and O–H groups in total. The summed E-state index contributed by atoms with van der Waals surface area (Å²) in [5, 5.41) is 5.77. The highest BCUT2D eigenvalue weighted by Crippen LogP contribution is 2.43. The molecule has 50 heavy (non-hydrogen) atoms. The van der Waals surface area contributed by atoms with Crippen LogP contribution in [0, 0.1) is 0 Å². The Morgan fingerprint density at radius 2 is 1.40 bits per heavy atom. The van der Waals surface area contributed by atoms with Crippen LogP contribution in [0.3, 0.4) is 0 Å². The van der Waals surface area contributed by atoms with E-state index in [1.807, 2.05) is 12.1 Å². The molecule has 0 amide bonds. The molecule has 1 aliphatic rings. The lowest BCUT2D eigenvalue weighted by Crippen LogP contribution is -2.22. The Bertz CT molecular complexity index is 2760. The molecule has 0 saturated heterocycles. The fourth-order valence-corrected chi connectivity index (χ4v) is 7.53. The Balaban J connectivity index is 1.34. The van der Waals surface area contributed by atoms with Gasteiger partial charge in [0.05, 0.1) is 5.69 Å². The van der Waals surface area contributed by atoms with Crippen LogP contribution < -0.4 is 15.3 Å². The summed E-state index contributed by atoms with van der Waals surface area (Å²) in [4.78, 5) is 2.41. The standard InChI is InChI=1S/C47H35NO2/c1-3-14-36(39-21-13-24-46-47(39)41-29-34-18-8-7-15-32(34)25-27-45(41)50-46)31(2)48(42-22-11-9-19-37(42)33-16-5-4-6-17-33)35-26-28-44-40(30-35)38-20-10-12-23-43(38)49-44/h3-26,28-30H,27H2,1-2H3/b14-3-,36-31-. The van der Waals surface area contributed by atoms with Crippen LogP contribution in [0.15, 0.2) is 166 Å². The Kier molecular flexibility index (Phi) is 7.32. The first-order valence-electron chi connectivity index (χ1n) is 17.2. The van der Waals surface area contributed by atoms with Crippen molar-refractivity contribution in [3.63, 3.8) is 0 Å². The molecule has 6 aromatic carbocycles. The number of nitrogens with zero attached hydrogens (tertiary/aromatic N) is 1. The lowest BCUT2D eigenvalue weighted by Gasteiger charge is -2.30. The third-order valence-corrected chi connectivity index (χ3v) is 9.83. The summed E-state index contributed by atoms with van der Waals surface area (Å²) in [6.45, 7) is 4.33. The molecule has 0 saturated carbocycles. The minimum absolute atomic E-state index is 0.744. The number of hydrogen-bond acceptors (Lipinski definition) is 3. The summed E-state index contributed by atoms with van der Waals surface area (Å²) in [5.41, 5.74) is 11.6. The van der Waals surface area contributed by atoms with Gasteiger partial charge in [0.25, 0.3) is 0 Å². The molecule has 0 fully saturated rings. The molecule has 2 aromatic heterocycles. The van der Waals surface area contributed by atoms with Gasteiger partial charge in [-0.25, -0.2) is 0 Å². The van der Waals surface area contributed by atoms with Gasteiger partial charge < -0.3 is 13.7 Å². The van der Waals surface area contributed by atoms with Crippen molar-refractivity contribution in [1.29, 1.82) is 0 Å². The number of benzene rings is 6. The molecule has 2 heterocycles. The minimum atomic E-state index is 0.744. The average molecular weight is 646 g/mol. The Hall–Kier alpha value is -6.32. The Morgan fingerprint density at radius 3 is 2.28 bits per heavy atom. The fourth-order valence-electron chi connectivity index (χ4n) is 7.53. The zero-order chi connectivity index (χ0) is 33.6. The van der Waals surface area contributed by atoms with Gasteiger partial charge in [0.2, 0.25) is 0 Å². The van der Waals surface area contributed by atoms with E-state index in [0.29, 0.717) is 0 Å². The molecule has 0 bridgehead atoms. The second-order valence-corrected chi connectivity index (χ2v) is 12.8. The van der Waals surface area contributed by atoms with Crippen LogP contribution in [0.4, 0.5) is 11.4 Å². The Labute approximate surface area is 291 Å². The van der Waals surface area contributed by atoms with E-state index in [1.165, 1.54) is 10.4 Å². The van der Waals surface area contributed by atoms with E-state index in [2.05, 4.69) is 170 Å². The van der Waals surface area contributed by atoms with Crippen molar-refractivity contribution in [2.75, 3.05) is 4.90 Å². The maximum atomic E-state index is 6.60. The van der Waals surface area contributed by atoms with Crippen LogP contribution in [-0.2, 0) is 6.42 Å². The predicted molar refractivity (Wildman–Crippen MR) is 209 cm³/mol. The zero-order valence-electron chi connectivity index (χ0n) is 28.1. The minimum Gasteiger partial charge on any atom is -0.460 e. The molecule has 9 rings (SSSR count). The van der Waals surface area contributed by atoms with Crippen LogP contribution >= 0.6 is 0 Å². The van der Waals surface area contributed by atoms with Gasteiger partial charge in [-0.15, -0.1) is 0 Å². The van der Waals surface area contributed by atoms with Gasteiger partial charge in [-0.1, -0.05) is 121 Å². The van der Waals surface area contributed by atoms with E-state index in [1.54, 1.807) is 0 Å². The lowest BCUT2D eigenvalue weighted by molar-refractivity contribution is 0.568. The number of anilines is 2. The van der Waals surface area contributed by atoms with Crippen molar-refractivity contribution in [2.24, 2.45) is 0 Å². The van der Waals surface area contributed by atoms with Crippen molar-refractivity contribution >= 4 is 62.0 Å². The zero-order valence-corrected chi connectivity index (χ0v) is 28.1. The highest BCUT2D eigenvalue weighted by molar-refractivity contribution is 6.07. The topological polar surface area (TPSA) is 29.5 Å². The molecule has 3 nitrogen and oxygen atoms in total. The maximum absolute atomic E-state index is 6.60. The van der Waals surface area contributed by atoms with E-state index in [4.69, 9.17) is 8.83 Å². The summed E-state index contributed by atoms with van der Waals surface area (Å²) in [5.74, 6) is 0.990. The molecule has 0 atom stereocenters. The van der Waals surface area contributed by atoms with Crippen LogP contribution in [0.1, 0.15) is 30.7 Å². The fraction of sp³-hybridized carbons (Fsp3) is 0.0638. The normalized spacial score (nSPS) is 13.1. The summed E-state index contributed by atoms with van der Waals surface area (Å²) in [6, 6.07) is 49.2. The van der Waals surface area contributed by atoms with Crippen molar-refractivity contribution < 1.29 is 8.83 Å². The van der Waals surface area contributed by atoms with Gasteiger partial charge in [-0.3, -0.25) is 0 Å². The molecule has 3 heteroatoms. The Morgan fingerprint density at radius 1 is 0.660 bits per heavy atom. The van der Waals surface area contributed by atoms with Crippen molar-refractivity contribution in [3.8, 4) is 11.1 Å². The SMILES string of the molecule is C/C=C\C(=C(/C)N(c1ccc2oc3ccccc3c2c1)c1ccccc1-c1ccccc1)c1cccc2oc3c(c12)C=c1ccccc1=CC3. The summed E-state index contributed by atoms with van der Waals surface area (Å²) >= 11 is 0. The summed E-state index contributed by atoms with van der Waals surface area (Å²) < 4.78 is 12.9. The van der Waals surface area contributed by atoms with E-state index in [-0.39, 0.29) is 0 Å². The van der Waals surface area contributed by atoms with E-state index in [0.717, 1.165) is 90.0 Å². The molecule has 0 radical (unpaired) electrons. The van der Waals surface area contributed by atoms with Crippen molar-refractivity contribution in [1.82, 2.24) is 0 Å². The molecular formula is C47H35NO2. The molecule has 1 aliphatic carbocycles. The van der Waals surface area contributed by atoms with E-state index in [9.17, 15) is 0 Å². The number of rotatable bonds is 6. The van der Waals surface area contributed by atoms with Crippen molar-refractivity contribution in [2.45, 2.75) is 20.3 Å². The van der Waals surface area contributed by atoms with E-state index < -0.39 is 0 Å². The van der Waals surface area contributed by atoms with Gasteiger partial charge in [0.1, 0.15) is 22.5 Å². The first kappa shape index (κ1) is 29.8. The van der Waals surface area contributed by atoms with Crippen LogP contribution in [-0.4, -0.2) is 0 Å². The molecule has 0 spiro atoms. The van der Waals surface area contributed by atoms with Gasteiger partial charge in [0, 0.05) is 50.7 Å². The van der Waals surface area contributed by atoms with E-state index >= 15 is 0 Å².